The Hall–Kier alpha value is -2.25. The molecule has 1 heterocycles. The maximum atomic E-state index is 5.75. The summed E-state index contributed by atoms with van der Waals surface area (Å²) in [5, 5.41) is 12.6. The number of aromatic nitrogens is 2. The maximum Gasteiger partial charge on any atom is 0.210 e. The minimum Gasteiger partial charge on any atom is -0.494 e. The fraction of sp³-hybridized carbons (Fsp3) is 0.300. The van der Waals surface area contributed by atoms with Crippen molar-refractivity contribution in [2.24, 2.45) is 0 Å². The largest absolute Gasteiger partial charge is 0.494 e. The summed E-state index contributed by atoms with van der Waals surface area (Å²) in [4.78, 5) is 0. The predicted molar refractivity (Wildman–Crippen MR) is 113 cm³/mol. The first kappa shape index (κ1) is 19.5. The third kappa shape index (κ3) is 5.87. The van der Waals surface area contributed by atoms with Crippen LogP contribution in [0.5, 0.6) is 11.5 Å². The average molecular weight is 402 g/mol. The molecule has 0 amide bonds. The molecule has 142 valence electrons. The van der Waals surface area contributed by atoms with Crippen molar-refractivity contribution in [3.05, 3.63) is 53.6 Å². The van der Waals surface area contributed by atoms with Crippen LogP contribution in [0.15, 0.2) is 46.8 Å². The standard InChI is InChI=1S/C20H23N3O2S2/c1-4-24-16-6-8-17(9-7-16)25-11-12-26-20-23-22-19(27-20)21-18-10-5-14(2)13-15(18)3/h5-10,13H,4,11-12H2,1-3H3,(H,21,22). The van der Waals surface area contributed by atoms with Crippen molar-refractivity contribution in [2.75, 3.05) is 24.3 Å². The van der Waals surface area contributed by atoms with Gasteiger partial charge in [-0.2, -0.15) is 0 Å². The summed E-state index contributed by atoms with van der Waals surface area (Å²) in [6, 6.07) is 14.0. The lowest BCUT2D eigenvalue weighted by molar-refractivity contribution is 0.332. The van der Waals surface area contributed by atoms with Crippen molar-refractivity contribution >= 4 is 33.9 Å². The maximum absolute atomic E-state index is 5.75. The SMILES string of the molecule is CCOc1ccc(OCCSc2nnc(Nc3ccc(C)cc3C)s2)cc1. The van der Waals surface area contributed by atoms with E-state index >= 15 is 0 Å². The minimum atomic E-state index is 0.609. The number of aryl methyl sites for hydroxylation is 2. The van der Waals surface area contributed by atoms with Crippen molar-refractivity contribution in [3.8, 4) is 11.5 Å². The molecule has 0 fully saturated rings. The second-order valence-electron chi connectivity index (χ2n) is 5.92. The van der Waals surface area contributed by atoms with Crippen molar-refractivity contribution < 1.29 is 9.47 Å². The molecule has 0 saturated heterocycles. The highest BCUT2D eigenvalue weighted by molar-refractivity contribution is 8.01. The van der Waals surface area contributed by atoms with Crippen LogP contribution in [0.25, 0.3) is 0 Å². The zero-order valence-corrected chi connectivity index (χ0v) is 17.3. The molecule has 0 unspecified atom stereocenters. The topological polar surface area (TPSA) is 56.3 Å². The van der Waals surface area contributed by atoms with Gasteiger partial charge in [0.25, 0.3) is 0 Å². The van der Waals surface area contributed by atoms with Crippen molar-refractivity contribution in [3.63, 3.8) is 0 Å². The van der Waals surface area contributed by atoms with Crippen LogP contribution in [0.1, 0.15) is 18.1 Å². The number of hydrogen-bond donors (Lipinski definition) is 1. The lowest BCUT2D eigenvalue weighted by Crippen LogP contribution is -2.00. The number of ether oxygens (including phenoxy) is 2. The van der Waals surface area contributed by atoms with Crippen LogP contribution in [0, 0.1) is 13.8 Å². The van der Waals surface area contributed by atoms with Gasteiger partial charge in [0.15, 0.2) is 4.34 Å². The summed E-state index contributed by atoms with van der Waals surface area (Å²) >= 11 is 3.20. The Morgan fingerprint density at radius 2 is 1.74 bits per heavy atom. The molecule has 0 radical (unpaired) electrons. The molecule has 0 aliphatic heterocycles. The van der Waals surface area contributed by atoms with Gasteiger partial charge in [-0.3, -0.25) is 0 Å². The normalized spacial score (nSPS) is 10.6. The number of nitrogens with zero attached hydrogens (tertiary/aromatic N) is 2. The second-order valence-corrected chi connectivity index (χ2v) is 8.24. The van der Waals surface area contributed by atoms with E-state index in [1.807, 2.05) is 31.2 Å². The summed E-state index contributed by atoms with van der Waals surface area (Å²) < 4.78 is 12.1. The van der Waals surface area contributed by atoms with Crippen LogP contribution < -0.4 is 14.8 Å². The number of rotatable bonds is 9. The number of thioether (sulfide) groups is 1. The Labute approximate surface area is 168 Å². The van der Waals surface area contributed by atoms with Crippen LogP contribution in [0.2, 0.25) is 0 Å². The first-order chi connectivity index (χ1) is 13.1. The molecule has 0 saturated carbocycles. The Bertz CT molecular complexity index is 866. The Kier molecular flexibility index (Phi) is 6.95. The van der Waals surface area contributed by atoms with E-state index in [2.05, 4.69) is 47.6 Å². The van der Waals surface area contributed by atoms with Crippen LogP contribution in [-0.4, -0.2) is 29.2 Å². The van der Waals surface area contributed by atoms with Gasteiger partial charge in [-0.1, -0.05) is 40.8 Å². The van der Waals surface area contributed by atoms with E-state index in [0.717, 1.165) is 32.4 Å². The Morgan fingerprint density at radius 3 is 2.44 bits per heavy atom. The number of anilines is 2. The molecule has 0 bridgehead atoms. The van der Waals surface area contributed by atoms with Gasteiger partial charge >= 0.3 is 0 Å². The van der Waals surface area contributed by atoms with E-state index in [1.165, 1.54) is 11.1 Å². The van der Waals surface area contributed by atoms with Gasteiger partial charge in [0.1, 0.15) is 11.5 Å². The van der Waals surface area contributed by atoms with Gasteiger partial charge in [-0.15, -0.1) is 10.2 Å². The molecule has 0 atom stereocenters. The van der Waals surface area contributed by atoms with Crippen molar-refractivity contribution in [2.45, 2.75) is 25.1 Å². The number of nitrogens with one attached hydrogen (secondary N) is 1. The first-order valence-corrected chi connectivity index (χ1v) is 10.6. The van der Waals surface area contributed by atoms with E-state index in [0.29, 0.717) is 13.2 Å². The van der Waals surface area contributed by atoms with Gasteiger partial charge < -0.3 is 14.8 Å². The first-order valence-electron chi connectivity index (χ1n) is 8.80. The highest BCUT2D eigenvalue weighted by Crippen LogP contribution is 2.29. The summed E-state index contributed by atoms with van der Waals surface area (Å²) in [5.74, 6) is 2.51. The fourth-order valence-electron chi connectivity index (χ4n) is 2.47. The molecular formula is C20H23N3O2S2. The summed E-state index contributed by atoms with van der Waals surface area (Å²) in [6.45, 7) is 7.42. The number of benzene rings is 2. The highest BCUT2D eigenvalue weighted by Gasteiger charge is 2.07. The van der Waals surface area contributed by atoms with E-state index < -0.39 is 0 Å². The molecule has 0 aliphatic rings. The van der Waals surface area contributed by atoms with Crippen molar-refractivity contribution in [1.29, 1.82) is 0 Å². The highest BCUT2D eigenvalue weighted by atomic mass is 32.2. The molecular weight excluding hydrogens is 378 g/mol. The zero-order valence-electron chi connectivity index (χ0n) is 15.7. The van der Waals surface area contributed by atoms with Crippen LogP contribution in [-0.2, 0) is 0 Å². The van der Waals surface area contributed by atoms with E-state index in [-0.39, 0.29) is 0 Å². The van der Waals surface area contributed by atoms with E-state index in [4.69, 9.17) is 9.47 Å². The molecule has 2 aromatic carbocycles. The molecule has 1 N–H and O–H groups in total. The minimum absolute atomic E-state index is 0.609. The average Bonchev–Trinajstić information content (AvgIpc) is 3.10. The molecule has 7 heteroatoms. The van der Waals surface area contributed by atoms with Crippen LogP contribution in [0.4, 0.5) is 10.8 Å². The number of hydrogen-bond acceptors (Lipinski definition) is 7. The molecule has 27 heavy (non-hydrogen) atoms. The van der Waals surface area contributed by atoms with Gasteiger partial charge in [0.05, 0.1) is 13.2 Å². The van der Waals surface area contributed by atoms with Gasteiger partial charge in [-0.25, -0.2) is 0 Å². The monoisotopic (exact) mass is 401 g/mol. The van der Waals surface area contributed by atoms with E-state index in [1.54, 1.807) is 23.1 Å². The summed E-state index contributed by atoms with van der Waals surface area (Å²) in [7, 11) is 0. The molecule has 1 aromatic heterocycles. The smallest absolute Gasteiger partial charge is 0.210 e. The Balaban J connectivity index is 1.44. The summed E-state index contributed by atoms with van der Waals surface area (Å²) in [5.41, 5.74) is 3.51. The second kappa shape index (κ2) is 9.62. The quantitative estimate of drug-likeness (QED) is 0.379. The lowest BCUT2D eigenvalue weighted by Gasteiger charge is -2.07. The Morgan fingerprint density at radius 1 is 1.00 bits per heavy atom. The lowest BCUT2D eigenvalue weighted by atomic mass is 10.1. The summed E-state index contributed by atoms with van der Waals surface area (Å²) in [6.07, 6.45) is 0. The molecule has 0 aliphatic carbocycles. The van der Waals surface area contributed by atoms with Crippen molar-refractivity contribution in [1.82, 2.24) is 10.2 Å². The molecule has 3 rings (SSSR count). The van der Waals surface area contributed by atoms with Crippen LogP contribution >= 0.6 is 23.1 Å². The third-order valence-corrected chi connectivity index (χ3v) is 5.68. The zero-order chi connectivity index (χ0) is 19.1. The molecule has 5 nitrogen and oxygen atoms in total. The predicted octanol–water partition coefficient (Wildman–Crippen LogP) is 5.47. The van der Waals surface area contributed by atoms with E-state index in [9.17, 15) is 0 Å². The van der Waals surface area contributed by atoms with Gasteiger partial charge in [-0.05, 0) is 56.7 Å². The fourth-order valence-corrected chi connectivity index (χ4v) is 4.13. The molecule has 3 aromatic rings. The third-order valence-electron chi connectivity index (χ3n) is 3.74. The molecule has 0 spiro atoms. The van der Waals surface area contributed by atoms with Gasteiger partial charge in [0.2, 0.25) is 5.13 Å². The van der Waals surface area contributed by atoms with Gasteiger partial charge in [0, 0.05) is 11.4 Å². The van der Waals surface area contributed by atoms with Crippen LogP contribution in [0.3, 0.4) is 0 Å².